The zero-order valence-electron chi connectivity index (χ0n) is 8.93. The van der Waals surface area contributed by atoms with Crippen molar-refractivity contribution in [2.24, 2.45) is 0 Å². The first-order valence-corrected chi connectivity index (χ1v) is 5.88. The van der Waals surface area contributed by atoms with Crippen LogP contribution in [-0.2, 0) is 4.79 Å². The fourth-order valence-electron chi connectivity index (χ4n) is 1.22. The number of carbonyl (C=O) groups is 1. The molecule has 1 rings (SSSR count). The second-order valence-corrected chi connectivity index (χ2v) is 5.88. The van der Waals surface area contributed by atoms with Gasteiger partial charge in [0.2, 0.25) is 0 Å². The lowest BCUT2D eigenvalue weighted by Crippen LogP contribution is -2.36. The monoisotopic (exact) mass is 279 g/mol. The highest BCUT2D eigenvalue weighted by atomic mass is 35.6. The molecule has 16 heavy (non-hydrogen) atoms. The first kappa shape index (κ1) is 13.6. The Balaban J connectivity index is 2.69. The summed E-state index contributed by atoms with van der Waals surface area (Å²) in [5.74, 6) is -0.620. The summed E-state index contributed by atoms with van der Waals surface area (Å²) in [4.78, 5) is 11.4. The van der Waals surface area contributed by atoms with Crippen LogP contribution in [0.2, 0.25) is 0 Å². The number of hydrogen-bond acceptors (Lipinski definition) is 1. The van der Waals surface area contributed by atoms with Crippen LogP contribution in [-0.4, -0.2) is 9.70 Å². The third-order valence-corrected chi connectivity index (χ3v) is 2.70. The molecule has 0 aliphatic carbocycles. The number of hydrogen-bond donors (Lipinski definition) is 1. The zero-order valence-corrected chi connectivity index (χ0v) is 11.2. The number of halogens is 3. The van der Waals surface area contributed by atoms with Gasteiger partial charge in [-0.3, -0.25) is 4.79 Å². The number of amides is 1. The quantitative estimate of drug-likeness (QED) is 0.825. The van der Waals surface area contributed by atoms with Gasteiger partial charge in [0.25, 0.3) is 9.70 Å². The van der Waals surface area contributed by atoms with Crippen molar-refractivity contribution in [1.82, 2.24) is 5.32 Å². The average Bonchev–Trinajstić information content (AvgIpc) is 2.17. The van der Waals surface area contributed by atoms with Gasteiger partial charge < -0.3 is 5.32 Å². The molecule has 88 valence electrons. The van der Waals surface area contributed by atoms with E-state index in [1.807, 2.05) is 38.1 Å². The standard InChI is InChI=1S/C11H12Cl3NO/c1-7-3-5-9(6-4-7)8(2)15-10(16)11(12,13)14/h3-6,8H,1-2H3,(H,15,16)/t8-/m0/s1. The third-order valence-electron chi connectivity index (χ3n) is 2.18. The van der Waals surface area contributed by atoms with Crippen molar-refractivity contribution in [3.05, 3.63) is 35.4 Å². The Kier molecular flexibility index (Phi) is 4.48. The molecule has 0 aromatic heterocycles. The zero-order chi connectivity index (χ0) is 12.3. The van der Waals surface area contributed by atoms with Crippen LogP contribution in [0.25, 0.3) is 0 Å². The summed E-state index contributed by atoms with van der Waals surface area (Å²) >= 11 is 16.4. The van der Waals surface area contributed by atoms with E-state index in [9.17, 15) is 4.79 Å². The van der Waals surface area contributed by atoms with Gasteiger partial charge in [0, 0.05) is 0 Å². The van der Waals surface area contributed by atoms with E-state index in [0.717, 1.165) is 11.1 Å². The average molecular weight is 281 g/mol. The van der Waals surface area contributed by atoms with Gasteiger partial charge in [0.05, 0.1) is 6.04 Å². The molecule has 1 atom stereocenters. The van der Waals surface area contributed by atoms with Crippen LogP contribution in [0.1, 0.15) is 24.1 Å². The van der Waals surface area contributed by atoms with E-state index in [1.165, 1.54) is 0 Å². The molecule has 0 aliphatic heterocycles. The normalized spacial score (nSPS) is 13.3. The molecule has 0 unspecified atom stereocenters. The lowest BCUT2D eigenvalue weighted by molar-refractivity contribution is -0.120. The van der Waals surface area contributed by atoms with E-state index < -0.39 is 9.70 Å². The lowest BCUT2D eigenvalue weighted by atomic mass is 10.1. The number of aryl methyl sites for hydroxylation is 1. The van der Waals surface area contributed by atoms with Crippen LogP contribution < -0.4 is 5.32 Å². The molecule has 0 spiro atoms. The maximum atomic E-state index is 11.4. The molecule has 0 saturated heterocycles. The maximum Gasteiger partial charge on any atom is 0.272 e. The van der Waals surface area contributed by atoms with E-state index in [4.69, 9.17) is 34.8 Å². The Hall–Kier alpha value is -0.440. The van der Waals surface area contributed by atoms with E-state index in [0.29, 0.717) is 0 Å². The molecule has 0 radical (unpaired) electrons. The predicted molar refractivity (Wildman–Crippen MR) is 68.0 cm³/mol. The van der Waals surface area contributed by atoms with Crippen molar-refractivity contribution in [3.63, 3.8) is 0 Å². The van der Waals surface area contributed by atoms with Crippen molar-refractivity contribution in [2.75, 3.05) is 0 Å². The smallest absolute Gasteiger partial charge is 0.272 e. The van der Waals surface area contributed by atoms with Gasteiger partial charge in [-0.1, -0.05) is 64.6 Å². The van der Waals surface area contributed by atoms with Crippen molar-refractivity contribution in [2.45, 2.75) is 23.7 Å². The Morgan fingerprint density at radius 1 is 1.25 bits per heavy atom. The molecule has 1 amide bonds. The minimum absolute atomic E-state index is 0.191. The summed E-state index contributed by atoms with van der Waals surface area (Å²) in [5.41, 5.74) is 2.12. The minimum atomic E-state index is -1.92. The second kappa shape index (κ2) is 5.26. The Morgan fingerprint density at radius 3 is 2.19 bits per heavy atom. The molecule has 0 heterocycles. The molecule has 1 N–H and O–H groups in total. The summed E-state index contributed by atoms with van der Waals surface area (Å²) in [6.45, 7) is 3.83. The van der Waals surface area contributed by atoms with Crippen molar-refractivity contribution in [3.8, 4) is 0 Å². The first-order valence-electron chi connectivity index (χ1n) is 4.75. The fraction of sp³-hybridized carbons (Fsp3) is 0.364. The van der Waals surface area contributed by atoms with Gasteiger partial charge in [0.15, 0.2) is 0 Å². The molecule has 0 bridgehead atoms. The van der Waals surface area contributed by atoms with Gasteiger partial charge >= 0.3 is 0 Å². The van der Waals surface area contributed by atoms with E-state index >= 15 is 0 Å². The van der Waals surface area contributed by atoms with Crippen LogP contribution in [0.3, 0.4) is 0 Å². The van der Waals surface area contributed by atoms with Crippen molar-refractivity contribution in [1.29, 1.82) is 0 Å². The highest BCUT2D eigenvalue weighted by molar-refractivity contribution is 6.76. The Bertz CT molecular complexity index is 370. The van der Waals surface area contributed by atoms with E-state index in [-0.39, 0.29) is 6.04 Å². The maximum absolute atomic E-state index is 11.4. The summed E-state index contributed by atoms with van der Waals surface area (Å²) in [7, 11) is 0. The van der Waals surface area contributed by atoms with Crippen LogP contribution in [0.5, 0.6) is 0 Å². The van der Waals surface area contributed by atoms with Gasteiger partial charge in [0.1, 0.15) is 0 Å². The highest BCUT2D eigenvalue weighted by Gasteiger charge is 2.31. The van der Waals surface area contributed by atoms with Crippen molar-refractivity contribution < 1.29 is 4.79 Å². The Morgan fingerprint density at radius 2 is 1.75 bits per heavy atom. The molecule has 0 fully saturated rings. The molecule has 1 aromatic carbocycles. The molecule has 1 aromatic rings. The number of nitrogens with one attached hydrogen (secondary N) is 1. The summed E-state index contributed by atoms with van der Waals surface area (Å²) in [6.07, 6.45) is 0. The van der Waals surface area contributed by atoms with E-state index in [2.05, 4.69) is 5.32 Å². The number of benzene rings is 1. The third kappa shape index (κ3) is 3.85. The molecule has 0 saturated carbocycles. The highest BCUT2D eigenvalue weighted by Crippen LogP contribution is 2.27. The van der Waals surface area contributed by atoms with Gasteiger partial charge in [-0.25, -0.2) is 0 Å². The molecule has 0 aliphatic rings. The van der Waals surface area contributed by atoms with Crippen LogP contribution in [0, 0.1) is 6.92 Å². The Labute approximate surface area is 110 Å². The topological polar surface area (TPSA) is 29.1 Å². The molecular weight excluding hydrogens is 268 g/mol. The number of rotatable bonds is 2. The number of alkyl halides is 3. The van der Waals surface area contributed by atoms with Crippen LogP contribution in [0.15, 0.2) is 24.3 Å². The van der Waals surface area contributed by atoms with Crippen LogP contribution >= 0.6 is 34.8 Å². The lowest BCUT2D eigenvalue weighted by Gasteiger charge is -2.17. The van der Waals surface area contributed by atoms with Crippen molar-refractivity contribution >= 4 is 40.7 Å². The van der Waals surface area contributed by atoms with Crippen LogP contribution in [0.4, 0.5) is 0 Å². The summed E-state index contributed by atoms with van der Waals surface area (Å²) in [5, 5.41) is 2.62. The number of carbonyl (C=O) groups excluding carboxylic acids is 1. The molecular formula is C11H12Cl3NO. The molecule has 5 heteroatoms. The summed E-state index contributed by atoms with van der Waals surface area (Å²) in [6, 6.07) is 7.60. The SMILES string of the molecule is Cc1ccc([C@H](C)NC(=O)C(Cl)(Cl)Cl)cc1. The van der Waals surface area contributed by atoms with Gasteiger partial charge in [-0.05, 0) is 19.4 Å². The summed E-state index contributed by atoms with van der Waals surface area (Å²) < 4.78 is -1.92. The van der Waals surface area contributed by atoms with Gasteiger partial charge in [-0.2, -0.15) is 0 Å². The predicted octanol–water partition coefficient (Wildman–Crippen LogP) is 3.54. The molecule has 2 nitrogen and oxygen atoms in total. The second-order valence-electron chi connectivity index (χ2n) is 3.60. The van der Waals surface area contributed by atoms with E-state index in [1.54, 1.807) is 0 Å². The minimum Gasteiger partial charge on any atom is -0.346 e. The van der Waals surface area contributed by atoms with Gasteiger partial charge in [-0.15, -0.1) is 0 Å². The fourth-order valence-corrected chi connectivity index (χ4v) is 1.38. The first-order chi connectivity index (χ1) is 7.30. The largest absolute Gasteiger partial charge is 0.346 e.